The van der Waals surface area contributed by atoms with Gasteiger partial charge in [0.1, 0.15) is 5.75 Å². The Kier molecular flexibility index (Phi) is 3.19. The molecule has 0 heterocycles. The van der Waals surface area contributed by atoms with Gasteiger partial charge in [-0.1, -0.05) is 24.3 Å². The van der Waals surface area contributed by atoms with E-state index in [9.17, 15) is 4.79 Å². The molecule has 2 aromatic carbocycles. The summed E-state index contributed by atoms with van der Waals surface area (Å²) in [7, 11) is 1.39. The van der Waals surface area contributed by atoms with Crippen molar-refractivity contribution in [1.29, 1.82) is 0 Å². The van der Waals surface area contributed by atoms with Crippen molar-refractivity contribution in [2.75, 3.05) is 7.11 Å². The molecule has 0 aromatic heterocycles. The molecule has 0 atom stereocenters. The Balaban J connectivity index is 2.22. The van der Waals surface area contributed by atoms with Crippen LogP contribution in [0, 0.1) is 0 Å². The van der Waals surface area contributed by atoms with Gasteiger partial charge in [0.2, 0.25) is 0 Å². The highest BCUT2D eigenvalue weighted by atomic mass is 79.9. The number of esters is 1. The zero-order valence-corrected chi connectivity index (χ0v) is 12.1. The van der Waals surface area contributed by atoms with Crippen LogP contribution in [0.2, 0.25) is 0 Å². The van der Waals surface area contributed by atoms with Gasteiger partial charge in [-0.3, -0.25) is 0 Å². The Morgan fingerprint density at radius 3 is 2.58 bits per heavy atom. The van der Waals surface area contributed by atoms with Crippen molar-refractivity contribution in [3.05, 3.63) is 40.4 Å². The molecule has 0 unspecified atom stereocenters. The number of fused-ring (bicyclic) bond motifs is 1. The third-order valence-corrected chi connectivity index (χ3v) is 3.75. The minimum atomic E-state index is -0.338. The first-order valence-electron chi connectivity index (χ1n) is 6.17. The molecule has 1 aliphatic carbocycles. The molecule has 4 heteroatoms. The van der Waals surface area contributed by atoms with Gasteiger partial charge in [-0.2, -0.15) is 0 Å². The molecule has 0 aliphatic heterocycles. The number of rotatable bonds is 3. The second-order valence-electron chi connectivity index (χ2n) is 4.59. The van der Waals surface area contributed by atoms with Crippen LogP contribution in [0.25, 0.3) is 10.8 Å². The van der Waals surface area contributed by atoms with Gasteiger partial charge in [0.25, 0.3) is 0 Å². The lowest BCUT2D eigenvalue weighted by Crippen LogP contribution is -2.04. The van der Waals surface area contributed by atoms with E-state index >= 15 is 0 Å². The monoisotopic (exact) mass is 320 g/mol. The zero-order chi connectivity index (χ0) is 13.4. The van der Waals surface area contributed by atoms with Gasteiger partial charge >= 0.3 is 5.97 Å². The molecule has 0 saturated heterocycles. The third kappa shape index (κ3) is 2.32. The number of carbonyl (C=O) groups excluding carboxylic acids is 1. The Morgan fingerprint density at radius 1 is 1.26 bits per heavy atom. The molecule has 3 nitrogen and oxygen atoms in total. The SMILES string of the molecule is COC(=O)c1cc(Br)c(OC2CC2)c2ccccc12. The van der Waals surface area contributed by atoms with E-state index in [1.807, 2.05) is 24.3 Å². The van der Waals surface area contributed by atoms with Crippen LogP contribution in [0.15, 0.2) is 34.8 Å². The maximum absolute atomic E-state index is 11.8. The fraction of sp³-hybridized carbons (Fsp3) is 0.267. The molecule has 19 heavy (non-hydrogen) atoms. The fourth-order valence-corrected chi connectivity index (χ4v) is 2.60. The summed E-state index contributed by atoms with van der Waals surface area (Å²) in [6.45, 7) is 0. The lowest BCUT2D eigenvalue weighted by atomic mass is 10.0. The van der Waals surface area contributed by atoms with Crippen molar-refractivity contribution in [3.8, 4) is 5.75 Å². The van der Waals surface area contributed by atoms with E-state index in [1.54, 1.807) is 6.07 Å². The second-order valence-corrected chi connectivity index (χ2v) is 5.44. The number of benzene rings is 2. The van der Waals surface area contributed by atoms with Crippen LogP contribution < -0.4 is 4.74 Å². The van der Waals surface area contributed by atoms with E-state index in [2.05, 4.69) is 15.9 Å². The zero-order valence-electron chi connectivity index (χ0n) is 10.5. The predicted molar refractivity (Wildman–Crippen MR) is 76.6 cm³/mol. The van der Waals surface area contributed by atoms with Crippen molar-refractivity contribution in [1.82, 2.24) is 0 Å². The minimum Gasteiger partial charge on any atom is -0.489 e. The van der Waals surface area contributed by atoms with Crippen LogP contribution in [0.1, 0.15) is 23.2 Å². The molecule has 0 amide bonds. The summed E-state index contributed by atoms with van der Waals surface area (Å²) in [4.78, 5) is 11.8. The van der Waals surface area contributed by atoms with Gasteiger partial charge < -0.3 is 9.47 Å². The quantitative estimate of drug-likeness (QED) is 0.804. The summed E-state index contributed by atoms with van der Waals surface area (Å²) in [5.41, 5.74) is 0.549. The molecule has 0 spiro atoms. The first-order valence-corrected chi connectivity index (χ1v) is 6.96. The number of hydrogen-bond acceptors (Lipinski definition) is 3. The number of carbonyl (C=O) groups is 1. The summed E-state index contributed by atoms with van der Waals surface area (Å²) in [6.07, 6.45) is 2.50. The highest BCUT2D eigenvalue weighted by molar-refractivity contribution is 9.10. The van der Waals surface area contributed by atoms with Gasteiger partial charge in [0.05, 0.1) is 23.2 Å². The van der Waals surface area contributed by atoms with Crippen molar-refractivity contribution >= 4 is 32.7 Å². The fourth-order valence-electron chi connectivity index (χ4n) is 2.07. The Labute approximate surface area is 119 Å². The van der Waals surface area contributed by atoms with Crippen LogP contribution in [-0.2, 0) is 4.74 Å². The molecule has 3 rings (SSSR count). The van der Waals surface area contributed by atoms with Crippen LogP contribution in [0.5, 0.6) is 5.75 Å². The van der Waals surface area contributed by atoms with E-state index in [0.717, 1.165) is 33.8 Å². The molecule has 1 saturated carbocycles. The smallest absolute Gasteiger partial charge is 0.338 e. The molecule has 0 radical (unpaired) electrons. The third-order valence-electron chi connectivity index (χ3n) is 3.16. The average molecular weight is 321 g/mol. The molecular formula is C15H13BrO3. The van der Waals surface area contributed by atoms with E-state index in [4.69, 9.17) is 9.47 Å². The number of ether oxygens (including phenoxy) is 2. The van der Waals surface area contributed by atoms with E-state index in [0.29, 0.717) is 11.7 Å². The molecular weight excluding hydrogens is 308 g/mol. The number of hydrogen-bond donors (Lipinski definition) is 0. The molecule has 1 fully saturated rings. The van der Waals surface area contributed by atoms with Gasteiger partial charge in [-0.05, 0) is 40.2 Å². The summed E-state index contributed by atoms with van der Waals surface area (Å²) < 4.78 is 11.6. The summed E-state index contributed by atoms with van der Waals surface area (Å²) in [5, 5.41) is 1.79. The van der Waals surface area contributed by atoms with Crippen LogP contribution in [0.3, 0.4) is 0 Å². The average Bonchev–Trinajstić information content (AvgIpc) is 3.25. The Morgan fingerprint density at radius 2 is 1.95 bits per heavy atom. The van der Waals surface area contributed by atoms with Crippen LogP contribution in [0.4, 0.5) is 0 Å². The highest BCUT2D eigenvalue weighted by Crippen LogP contribution is 2.39. The lowest BCUT2D eigenvalue weighted by Gasteiger charge is -2.13. The lowest BCUT2D eigenvalue weighted by molar-refractivity contribution is 0.0603. The molecule has 2 aromatic rings. The number of halogens is 1. The molecule has 0 bridgehead atoms. The predicted octanol–water partition coefficient (Wildman–Crippen LogP) is 3.93. The van der Waals surface area contributed by atoms with E-state index < -0.39 is 0 Å². The summed E-state index contributed by atoms with van der Waals surface area (Å²) in [6, 6.07) is 9.49. The first-order chi connectivity index (χ1) is 9.20. The van der Waals surface area contributed by atoms with Crippen molar-refractivity contribution in [2.24, 2.45) is 0 Å². The maximum atomic E-state index is 11.8. The van der Waals surface area contributed by atoms with Gasteiger partial charge in [0, 0.05) is 5.39 Å². The molecule has 0 N–H and O–H groups in total. The minimum absolute atomic E-state index is 0.309. The number of methoxy groups -OCH3 is 1. The van der Waals surface area contributed by atoms with Crippen molar-refractivity contribution in [2.45, 2.75) is 18.9 Å². The summed E-state index contributed by atoms with van der Waals surface area (Å²) >= 11 is 3.49. The van der Waals surface area contributed by atoms with Crippen molar-refractivity contribution in [3.63, 3.8) is 0 Å². The Bertz CT molecular complexity index is 647. The van der Waals surface area contributed by atoms with E-state index in [1.165, 1.54) is 7.11 Å². The first kappa shape index (κ1) is 12.5. The molecule has 98 valence electrons. The van der Waals surface area contributed by atoms with Gasteiger partial charge in [-0.25, -0.2) is 4.79 Å². The maximum Gasteiger partial charge on any atom is 0.338 e. The topological polar surface area (TPSA) is 35.5 Å². The van der Waals surface area contributed by atoms with Gasteiger partial charge in [0.15, 0.2) is 0 Å². The van der Waals surface area contributed by atoms with Crippen LogP contribution in [-0.4, -0.2) is 19.2 Å². The Hall–Kier alpha value is -1.55. The van der Waals surface area contributed by atoms with E-state index in [-0.39, 0.29) is 5.97 Å². The second kappa shape index (κ2) is 4.85. The normalized spacial score (nSPS) is 14.4. The highest BCUT2D eigenvalue weighted by Gasteiger charge is 2.26. The standard InChI is InChI=1S/C15H13BrO3/c1-18-15(17)12-8-13(16)14(19-9-6-7-9)11-5-3-2-4-10(11)12/h2-5,8-9H,6-7H2,1H3. The van der Waals surface area contributed by atoms with Gasteiger partial charge in [-0.15, -0.1) is 0 Å². The molecule has 1 aliphatic rings. The largest absolute Gasteiger partial charge is 0.489 e. The van der Waals surface area contributed by atoms with Crippen molar-refractivity contribution < 1.29 is 14.3 Å². The summed E-state index contributed by atoms with van der Waals surface area (Å²) in [5.74, 6) is 0.473. The van der Waals surface area contributed by atoms with Crippen LogP contribution >= 0.6 is 15.9 Å².